The van der Waals surface area contributed by atoms with Gasteiger partial charge in [0.2, 0.25) is 5.91 Å². The van der Waals surface area contributed by atoms with Gasteiger partial charge in [0.15, 0.2) is 5.13 Å². The van der Waals surface area contributed by atoms with Crippen LogP contribution in [0, 0.1) is 0 Å². The van der Waals surface area contributed by atoms with Crippen molar-refractivity contribution >= 4 is 22.4 Å². The molecule has 0 spiro atoms. The Morgan fingerprint density at radius 1 is 1.65 bits per heavy atom. The van der Waals surface area contributed by atoms with Gasteiger partial charge in [-0.25, -0.2) is 4.98 Å². The number of piperidine rings is 1. The number of nitrogens with zero attached hydrogens (tertiary/aromatic N) is 2. The Bertz CT molecular complexity index is 429. The van der Waals surface area contributed by atoms with Crippen LogP contribution in [0.2, 0.25) is 0 Å². The summed E-state index contributed by atoms with van der Waals surface area (Å²) in [4.78, 5) is 18.0. The molecule has 112 valence electrons. The zero-order valence-electron chi connectivity index (χ0n) is 12.3. The fraction of sp³-hybridized carbons (Fsp3) is 0.714. The fourth-order valence-corrected chi connectivity index (χ4v) is 3.37. The molecule has 0 radical (unpaired) electrons. The highest BCUT2D eigenvalue weighted by Gasteiger charge is 2.21. The Balaban J connectivity index is 1.96. The van der Waals surface area contributed by atoms with Crippen molar-refractivity contribution < 1.29 is 4.79 Å². The maximum atomic E-state index is 11.0. The molecule has 2 heterocycles. The SMILES string of the molecule is CCCN(Cc1csc(NC(C)=O)n1)C1CCCNC1. The summed E-state index contributed by atoms with van der Waals surface area (Å²) in [6, 6.07) is 0.606. The molecule has 1 unspecified atom stereocenters. The number of hydrogen-bond donors (Lipinski definition) is 2. The van der Waals surface area contributed by atoms with Gasteiger partial charge in [-0.2, -0.15) is 0 Å². The number of carbonyl (C=O) groups is 1. The topological polar surface area (TPSA) is 57.3 Å². The predicted octanol–water partition coefficient (Wildman–Crippen LogP) is 2.07. The van der Waals surface area contributed by atoms with E-state index in [0.29, 0.717) is 11.2 Å². The van der Waals surface area contributed by atoms with E-state index >= 15 is 0 Å². The van der Waals surface area contributed by atoms with Gasteiger partial charge in [-0.15, -0.1) is 11.3 Å². The predicted molar refractivity (Wildman–Crippen MR) is 83.0 cm³/mol. The molecule has 1 saturated heterocycles. The van der Waals surface area contributed by atoms with Crippen molar-refractivity contribution in [3.8, 4) is 0 Å². The molecule has 1 aromatic rings. The third-order valence-corrected chi connectivity index (χ3v) is 4.30. The van der Waals surface area contributed by atoms with Gasteiger partial charge in [-0.3, -0.25) is 9.69 Å². The van der Waals surface area contributed by atoms with E-state index in [2.05, 4.69) is 27.4 Å². The Morgan fingerprint density at radius 3 is 3.15 bits per heavy atom. The van der Waals surface area contributed by atoms with Gasteiger partial charge in [0.25, 0.3) is 0 Å². The molecule has 1 aromatic heterocycles. The molecule has 0 aliphatic carbocycles. The van der Waals surface area contributed by atoms with E-state index in [1.54, 1.807) is 0 Å². The highest BCUT2D eigenvalue weighted by Crippen LogP contribution is 2.19. The summed E-state index contributed by atoms with van der Waals surface area (Å²) in [6.45, 7) is 7.91. The summed E-state index contributed by atoms with van der Waals surface area (Å²) < 4.78 is 0. The van der Waals surface area contributed by atoms with Gasteiger partial charge in [-0.05, 0) is 32.4 Å². The van der Waals surface area contributed by atoms with Crippen molar-refractivity contribution in [2.24, 2.45) is 0 Å². The van der Waals surface area contributed by atoms with Crippen molar-refractivity contribution in [2.75, 3.05) is 25.0 Å². The highest BCUT2D eigenvalue weighted by atomic mass is 32.1. The molecule has 2 rings (SSSR count). The molecular weight excluding hydrogens is 272 g/mol. The third-order valence-electron chi connectivity index (χ3n) is 3.50. The van der Waals surface area contributed by atoms with E-state index in [1.165, 1.54) is 31.1 Å². The van der Waals surface area contributed by atoms with Crippen LogP contribution < -0.4 is 10.6 Å². The second-order valence-corrected chi connectivity index (χ2v) is 6.15. The average Bonchev–Trinajstić information content (AvgIpc) is 2.86. The molecule has 1 fully saturated rings. The number of carbonyl (C=O) groups excluding carboxylic acids is 1. The summed E-state index contributed by atoms with van der Waals surface area (Å²) >= 11 is 1.50. The second-order valence-electron chi connectivity index (χ2n) is 5.30. The number of amides is 1. The van der Waals surface area contributed by atoms with E-state index in [1.807, 2.05) is 5.38 Å². The van der Waals surface area contributed by atoms with E-state index in [0.717, 1.165) is 38.3 Å². The van der Waals surface area contributed by atoms with Crippen molar-refractivity contribution in [1.29, 1.82) is 0 Å². The lowest BCUT2D eigenvalue weighted by Crippen LogP contribution is -2.45. The molecule has 1 aliphatic heterocycles. The largest absolute Gasteiger partial charge is 0.315 e. The Kier molecular flexibility index (Phi) is 5.94. The summed E-state index contributed by atoms with van der Waals surface area (Å²) in [5, 5.41) is 8.97. The zero-order valence-corrected chi connectivity index (χ0v) is 13.1. The minimum Gasteiger partial charge on any atom is -0.315 e. The van der Waals surface area contributed by atoms with Crippen LogP contribution in [0.5, 0.6) is 0 Å². The van der Waals surface area contributed by atoms with E-state index in [9.17, 15) is 4.79 Å². The van der Waals surface area contributed by atoms with E-state index < -0.39 is 0 Å². The smallest absolute Gasteiger partial charge is 0.223 e. The van der Waals surface area contributed by atoms with Crippen LogP contribution in [-0.2, 0) is 11.3 Å². The number of aromatic nitrogens is 1. The zero-order chi connectivity index (χ0) is 14.4. The van der Waals surface area contributed by atoms with Crippen LogP contribution in [0.4, 0.5) is 5.13 Å². The molecule has 0 aromatic carbocycles. The molecule has 1 atom stereocenters. The Morgan fingerprint density at radius 2 is 2.50 bits per heavy atom. The first-order chi connectivity index (χ1) is 9.69. The number of thiazole rings is 1. The number of anilines is 1. The minimum atomic E-state index is -0.0622. The van der Waals surface area contributed by atoms with Crippen LogP contribution in [0.15, 0.2) is 5.38 Å². The van der Waals surface area contributed by atoms with Crippen molar-refractivity contribution in [3.05, 3.63) is 11.1 Å². The Hall–Kier alpha value is -0.980. The van der Waals surface area contributed by atoms with Gasteiger partial charge in [0.1, 0.15) is 0 Å². The monoisotopic (exact) mass is 296 g/mol. The van der Waals surface area contributed by atoms with Crippen LogP contribution in [0.1, 0.15) is 38.8 Å². The summed E-state index contributed by atoms with van der Waals surface area (Å²) in [7, 11) is 0. The minimum absolute atomic E-state index is 0.0622. The lowest BCUT2D eigenvalue weighted by molar-refractivity contribution is -0.114. The van der Waals surface area contributed by atoms with Crippen LogP contribution in [-0.4, -0.2) is 41.5 Å². The molecular formula is C14H24N4OS. The van der Waals surface area contributed by atoms with Crippen molar-refractivity contribution in [3.63, 3.8) is 0 Å². The first kappa shape index (κ1) is 15.4. The molecule has 1 amide bonds. The average molecular weight is 296 g/mol. The number of rotatable bonds is 6. The normalized spacial score (nSPS) is 19.2. The van der Waals surface area contributed by atoms with Gasteiger partial charge < -0.3 is 10.6 Å². The first-order valence-electron chi connectivity index (χ1n) is 7.35. The van der Waals surface area contributed by atoms with Crippen LogP contribution in [0.25, 0.3) is 0 Å². The third kappa shape index (κ3) is 4.54. The summed E-state index contributed by atoms with van der Waals surface area (Å²) in [6.07, 6.45) is 3.66. The van der Waals surface area contributed by atoms with Gasteiger partial charge in [0, 0.05) is 31.4 Å². The van der Waals surface area contributed by atoms with E-state index in [4.69, 9.17) is 0 Å². The molecule has 20 heavy (non-hydrogen) atoms. The molecule has 0 bridgehead atoms. The first-order valence-corrected chi connectivity index (χ1v) is 8.23. The standard InChI is InChI=1S/C14H24N4OS/c1-3-7-18(13-5-4-6-15-8-13)9-12-10-20-14(17-12)16-11(2)19/h10,13,15H,3-9H2,1-2H3,(H,16,17,19). The quantitative estimate of drug-likeness (QED) is 0.844. The molecule has 2 N–H and O–H groups in total. The molecule has 6 heteroatoms. The molecule has 5 nitrogen and oxygen atoms in total. The number of nitrogens with one attached hydrogen (secondary N) is 2. The maximum Gasteiger partial charge on any atom is 0.223 e. The highest BCUT2D eigenvalue weighted by molar-refractivity contribution is 7.13. The van der Waals surface area contributed by atoms with E-state index in [-0.39, 0.29) is 5.91 Å². The summed E-state index contributed by atoms with van der Waals surface area (Å²) in [5.41, 5.74) is 1.05. The molecule has 0 saturated carbocycles. The van der Waals surface area contributed by atoms with Crippen LogP contribution >= 0.6 is 11.3 Å². The molecule has 1 aliphatic rings. The van der Waals surface area contributed by atoms with Gasteiger partial charge in [-0.1, -0.05) is 6.92 Å². The maximum absolute atomic E-state index is 11.0. The Labute approximate surface area is 124 Å². The lowest BCUT2D eigenvalue weighted by atomic mass is 10.1. The van der Waals surface area contributed by atoms with Crippen molar-refractivity contribution in [2.45, 2.75) is 45.7 Å². The second kappa shape index (κ2) is 7.71. The lowest BCUT2D eigenvalue weighted by Gasteiger charge is -2.34. The van der Waals surface area contributed by atoms with Gasteiger partial charge in [0.05, 0.1) is 5.69 Å². The van der Waals surface area contributed by atoms with Crippen LogP contribution in [0.3, 0.4) is 0 Å². The van der Waals surface area contributed by atoms with Gasteiger partial charge >= 0.3 is 0 Å². The summed E-state index contributed by atoms with van der Waals surface area (Å²) in [5.74, 6) is -0.0622. The number of hydrogen-bond acceptors (Lipinski definition) is 5. The van der Waals surface area contributed by atoms with Crippen molar-refractivity contribution in [1.82, 2.24) is 15.2 Å². The fourth-order valence-electron chi connectivity index (χ4n) is 2.62.